The molecule has 0 unspecified atom stereocenters. The number of rotatable bonds is 4. The molecule has 0 bridgehead atoms. The normalized spacial score (nSPS) is 17.6. The van der Waals surface area contributed by atoms with Crippen LogP contribution in [0.15, 0.2) is 23.1 Å². The van der Waals surface area contributed by atoms with E-state index >= 15 is 0 Å². The average Bonchev–Trinajstić information content (AvgIpc) is 3.22. The summed E-state index contributed by atoms with van der Waals surface area (Å²) in [5.74, 6) is 1.45. The molecule has 2 aliphatic heterocycles. The van der Waals surface area contributed by atoms with Gasteiger partial charge in [-0.2, -0.15) is 4.31 Å². The molecule has 2 aromatic rings. The fourth-order valence-corrected chi connectivity index (χ4v) is 5.03. The molecule has 1 aromatic carbocycles. The molecule has 1 amide bonds. The summed E-state index contributed by atoms with van der Waals surface area (Å²) in [4.78, 5) is 14.5. The van der Waals surface area contributed by atoms with E-state index in [0.717, 1.165) is 0 Å². The quantitative estimate of drug-likeness (QED) is 0.651. The predicted octanol–water partition coefficient (Wildman–Crippen LogP) is 0.275. The van der Waals surface area contributed by atoms with Crippen LogP contribution in [0.2, 0.25) is 0 Å². The molecular formula is C19H26N6O5S. The van der Waals surface area contributed by atoms with Crippen molar-refractivity contribution in [1.29, 1.82) is 0 Å². The Balaban J connectivity index is 1.40. The highest BCUT2D eigenvalue weighted by molar-refractivity contribution is 7.89. The Bertz CT molecular complexity index is 1070. The first-order valence-electron chi connectivity index (χ1n) is 10.1. The third kappa shape index (κ3) is 4.35. The summed E-state index contributed by atoms with van der Waals surface area (Å²) in [5.41, 5.74) is -0.291. The first-order chi connectivity index (χ1) is 14.7. The SMILES string of the molecule is CC(C)(C)c1nnnn1CC(=O)N1CCN(S(=O)(=O)c2ccc3c(c2)OCCO3)CC1. The Morgan fingerprint density at radius 2 is 1.74 bits per heavy atom. The van der Waals surface area contributed by atoms with Crippen LogP contribution in [0.1, 0.15) is 26.6 Å². The Kier molecular flexibility index (Phi) is 5.60. The van der Waals surface area contributed by atoms with Crippen molar-refractivity contribution in [2.24, 2.45) is 0 Å². The molecule has 4 rings (SSSR count). The number of amides is 1. The molecule has 1 saturated heterocycles. The van der Waals surface area contributed by atoms with Crippen molar-refractivity contribution >= 4 is 15.9 Å². The summed E-state index contributed by atoms with van der Waals surface area (Å²) in [6.45, 7) is 7.80. The van der Waals surface area contributed by atoms with Gasteiger partial charge in [-0.15, -0.1) is 5.10 Å². The minimum Gasteiger partial charge on any atom is -0.486 e. The lowest BCUT2D eigenvalue weighted by Crippen LogP contribution is -2.51. The zero-order valence-electron chi connectivity index (χ0n) is 17.8. The van der Waals surface area contributed by atoms with E-state index in [1.807, 2.05) is 20.8 Å². The van der Waals surface area contributed by atoms with Gasteiger partial charge in [0, 0.05) is 37.7 Å². The zero-order chi connectivity index (χ0) is 22.2. The first-order valence-corrected chi connectivity index (χ1v) is 11.5. The summed E-state index contributed by atoms with van der Waals surface area (Å²) in [7, 11) is -3.70. The highest BCUT2D eigenvalue weighted by Crippen LogP contribution is 2.33. The number of carbonyl (C=O) groups excluding carboxylic acids is 1. The number of benzene rings is 1. The second kappa shape index (κ2) is 8.08. The van der Waals surface area contributed by atoms with Crippen molar-refractivity contribution in [3.05, 3.63) is 24.0 Å². The minimum atomic E-state index is -3.70. The van der Waals surface area contributed by atoms with Gasteiger partial charge in [0.05, 0.1) is 4.90 Å². The van der Waals surface area contributed by atoms with Gasteiger partial charge in [0.15, 0.2) is 17.3 Å². The lowest BCUT2D eigenvalue weighted by Gasteiger charge is -2.34. The van der Waals surface area contributed by atoms with Gasteiger partial charge in [-0.3, -0.25) is 4.79 Å². The van der Waals surface area contributed by atoms with E-state index in [0.29, 0.717) is 43.6 Å². The molecular weight excluding hydrogens is 424 g/mol. The molecule has 2 aliphatic rings. The van der Waals surface area contributed by atoms with Crippen LogP contribution in [-0.4, -0.2) is 83.1 Å². The summed E-state index contributed by atoms with van der Waals surface area (Å²) < 4.78 is 40.0. The Hall–Kier alpha value is -2.73. The molecule has 0 radical (unpaired) electrons. The van der Waals surface area contributed by atoms with Crippen molar-refractivity contribution < 1.29 is 22.7 Å². The van der Waals surface area contributed by atoms with E-state index in [-0.39, 0.29) is 35.9 Å². The number of tetrazole rings is 1. The lowest BCUT2D eigenvalue weighted by atomic mass is 9.96. The van der Waals surface area contributed by atoms with Crippen LogP contribution in [0.25, 0.3) is 0 Å². The van der Waals surface area contributed by atoms with Crippen molar-refractivity contribution in [2.75, 3.05) is 39.4 Å². The zero-order valence-corrected chi connectivity index (χ0v) is 18.6. The van der Waals surface area contributed by atoms with Crippen molar-refractivity contribution in [2.45, 2.75) is 37.6 Å². The van der Waals surface area contributed by atoms with Gasteiger partial charge in [0.1, 0.15) is 19.8 Å². The monoisotopic (exact) mass is 450 g/mol. The molecule has 0 atom stereocenters. The molecule has 168 valence electrons. The smallest absolute Gasteiger partial charge is 0.244 e. The molecule has 0 saturated carbocycles. The molecule has 0 spiro atoms. The largest absolute Gasteiger partial charge is 0.486 e. The predicted molar refractivity (Wildman–Crippen MR) is 109 cm³/mol. The molecule has 1 fully saturated rings. The van der Waals surface area contributed by atoms with Gasteiger partial charge in [-0.05, 0) is 22.6 Å². The second-order valence-corrected chi connectivity index (χ2v) is 10.4. The fraction of sp³-hybridized carbons (Fsp3) is 0.579. The molecule has 1 aromatic heterocycles. The summed E-state index contributed by atoms with van der Waals surface area (Å²) in [6.07, 6.45) is 0. The number of ether oxygens (including phenoxy) is 2. The molecule has 12 heteroatoms. The number of aromatic nitrogens is 4. The number of sulfonamides is 1. The van der Waals surface area contributed by atoms with Crippen LogP contribution >= 0.6 is 0 Å². The third-order valence-corrected chi connectivity index (χ3v) is 7.13. The maximum absolute atomic E-state index is 13.1. The Morgan fingerprint density at radius 3 is 2.42 bits per heavy atom. The molecule has 0 aliphatic carbocycles. The van der Waals surface area contributed by atoms with Crippen LogP contribution in [0.5, 0.6) is 11.5 Å². The summed E-state index contributed by atoms with van der Waals surface area (Å²) in [5, 5.41) is 11.6. The van der Waals surface area contributed by atoms with Crippen molar-refractivity contribution in [3.8, 4) is 11.5 Å². The van der Waals surface area contributed by atoms with Crippen LogP contribution in [0.4, 0.5) is 0 Å². The fourth-order valence-electron chi connectivity index (χ4n) is 3.59. The van der Waals surface area contributed by atoms with E-state index in [9.17, 15) is 13.2 Å². The maximum Gasteiger partial charge on any atom is 0.244 e. The second-order valence-electron chi connectivity index (χ2n) is 8.50. The van der Waals surface area contributed by atoms with Crippen LogP contribution < -0.4 is 9.47 Å². The third-order valence-electron chi connectivity index (χ3n) is 5.23. The van der Waals surface area contributed by atoms with Gasteiger partial charge in [0.2, 0.25) is 15.9 Å². The van der Waals surface area contributed by atoms with Gasteiger partial charge in [-0.1, -0.05) is 20.8 Å². The topological polar surface area (TPSA) is 120 Å². The maximum atomic E-state index is 13.1. The number of hydrogen-bond donors (Lipinski definition) is 0. The van der Waals surface area contributed by atoms with E-state index in [1.54, 1.807) is 11.0 Å². The van der Waals surface area contributed by atoms with Crippen LogP contribution in [0, 0.1) is 0 Å². The van der Waals surface area contributed by atoms with Crippen LogP contribution in [-0.2, 0) is 26.8 Å². The number of nitrogens with zero attached hydrogens (tertiary/aromatic N) is 6. The minimum absolute atomic E-state index is 0.0223. The standard InChI is InChI=1S/C19H26N6O5S/c1-19(2,3)18-20-21-22-25(18)13-17(26)23-6-8-24(9-7-23)31(27,28)14-4-5-15-16(12-14)30-11-10-29-15/h4-5,12H,6-11,13H2,1-3H3. The highest BCUT2D eigenvalue weighted by atomic mass is 32.2. The van der Waals surface area contributed by atoms with Gasteiger partial charge in [-0.25, -0.2) is 13.1 Å². The summed E-state index contributed by atoms with van der Waals surface area (Å²) in [6, 6.07) is 4.62. The van der Waals surface area contributed by atoms with E-state index < -0.39 is 10.0 Å². The van der Waals surface area contributed by atoms with E-state index in [2.05, 4.69) is 15.5 Å². The number of carbonyl (C=O) groups is 1. The Morgan fingerprint density at radius 1 is 1.06 bits per heavy atom. The van der Waals surface area contributed by atoms with Gasteiger partial charge < -0.3 is 14.4 Å². The number of hydrogen-bond acceptors (Lipinski definition) is 8. The van der Waals surface area contributed by atoms with E-state index in [4.69, 9.17) is 9.47 Å². The number of piperazine rings is 1. The average molecular weight is 451 g/mol. The molecule has 0 N–H and O–H groups in total. The van der Waals surface area contributed by atoms with Crippen LogP contribution in [0.3, 0.4) is 0 Å². The highest BCUT2D eigenvalue weighted by Gasteiger charge is 2.32. The van der Waals surface area contributed by atoms with Crippen molar-refractivity contribution in [3.63, 3.8) is 0 Å². The molecule has 31 heavy (non-hydrogen) atoms. The first kappa shape index (κ1) is 21.5. The van der Waals surface area contributed by atoms with Crippen molar-refractivity contribution in [1.82, 2.24) is 29.4 Å². The van der Waals surface area contributed by atoms with Gasteiger partial charge >= 0.3 is 0 Å². The molecule has 3 heterocycles. The van der Waals surface area contributed by atoms with E-state index in [1.165, 1.54) is 21.1 Å². The number of fused-ring (bicyclic) bond motifs is 1. The Labute approximate surface area is 181 Å². The molecule has 11 nitrogen and oxygen atoms in total. The summed E-state index contributed by atoms with van der Waals surface area (Å²) >= 11 is 0. The lowest BCUT2D eigenvalue weighted by molar-refractivity contribution is -0.133. The van der Waals surface area contributed by atoms with Gasteiger partial charge in [0.25, 0.3) is 0 Å².